The Morgan fingerprint density at radius 1 is 1.19 bits per heavy atom. The number of benzene rings is 1. The number of rotatable bonds is 6. The van der Waals surface area contributed by atoms with Crippen LogP contribution < -0.4 is 5.32 Å². The van der Waals surface area contributed by atoms with E-state index in [1.165, 1.54) is 0 Å². The molecule has 1 aliphatic heterocycles. The monoisotopic (exact) mass is 572 g/mol. The predicted molar refractivity (Wildman–Crippen MR) is 126 cm³/mol. The molecule has 1 aliphatic rings. The first-order valence-corrected chi connectivity index (χ1v) is 11.4. The molecule has 1 aromatic carbocycles. The van der Waals surface area contributed by atoms with Crippen molar-refractivity contribution in [1.82, 2.24) is 15.1 Å². The van der Waals surface area contributed by atoms with Crippen molar-refractivity contribution in [3.63, 3.8) is 0 Å². The van der Waals surface area contributed by atoms with Crippen molar-refractivity contribution >= 4 is 55.7 Å². The lowest BCUT2D eigenvalue weighted by Crippen LogP contribution is -2.53. The Hall–Kier alpha value is -0.390. The minimum atomic E-state index is -3.30. The Morgan fingerprint density at radius 2 is 1.78 bits per heavy atom. The molecule has 0 atom stereocenters. The fraction of sp³-hybridized carbons (Fsp3) is 0.611. The molecule has 1 fully saturated rings. The van der Waals surface area contributed by atoms with Gasteiger partial charge in [-0.3, -0.25) is 9.89 Å². The van der Waals surface area contributed by atoms with Crippen molar-refractivity contribution in [3.05, 3.63) is 28.7 Å². The fourth-order valence-electron chi connectivity index (χ4n) is 3.05. The van der Waals surface area contributed by atoms with Crippen molar-refractivity contribution < 1.29 is 8.42 Å². The lowest BCUT2D eigenvalue weighted by atomic mass is 10.2. The van der Waals surface area contributed by atoms with Crippen LogP contribution in [0, 0.1) is 5.92 Å². The largest absolute Gasteiger partial charge is 0.355 e. The molecule has 0 radical (unpaired) electrons. The Balaban J connectivity index is 0.00000364. The highest BCUT2D eigenvalue weighted by Crippen LogP contribution is 2.15. The normalized spacial score (nSPS) is 16.3. The molecule has 1 heterocycles. The molecule has 2 rings (SSSR count). The fourth-order valence-corrected chi connectivity index (χ4v) is 4.47. The van der Waals surface area contributed by atoms with Crippen LogP contribution in [-0.4, -0.2) is 76.2 Å². The van der Waals surface area contributed by atoms with E-state index in [4.69, 9.17) is 0 Å². The molecule has 0 unspecified atom stereocenters. The lowest BCUT2D eigenvalue weighted by Gasteiger charge is -2.37. The van der Waals surface area contributed by atoms with Gasteiger partial charge in [0.25, 0.3) is 0 Å². The average Bonchev–Trinajstić information content (AvgIpc) is 2.59. The zero-order valence-corrected chi connectivity index (χ0v) is 20.9. The number of piperazine rings is 1. The topological polar surface area (TPSA) is 65.0 Å². The molecule has 0 aromatic heterocycles. The van der Waals surface area contributed by atoms with E-state index in [1.807, 2.05) is 0 Å². The molecular weight excluding hydrogens is 543 g/mol. The number of nitrogens with zero attached hydrogens (tertiary/aromatic N) is 3. The van der Waals surface area contributed by atoms with Crippen LogP contribution in [0.1, 0.15) is 13.8 Å². The third-order valence-corrected chi connectivity index (χ3v) is 6.59. The van der Waals surface area contributed by atoms with Crippen molar-refractivity contribution in [2.45, 2.75) is 18.7 Å². The molecule has 0 saturated carbocycles. The second-order valence-corrected chi connectivity index (χ2v) is 9.95. The third kappa shape index (κ3) is 7.86. The summed E-state index contributed by atoms with van der Waals surface area (Å²) < 4.78 is 25.7. The van der Waals surface area contributed by atoms with Crippen molar-refractivity contribution in [2.75, 3.05) is 52.1 Å². The maximum Gasteiger partial charge on any atom is 0.193 e. The van der Waals surface area contributed by atoms with E-state index in [1.54, 1.807) is 31.3 Å². The van der Waals surface area contributed by atoms with Crippen LogP contribution >= 0.6 is 39.9 Å². The summed E-state index contributed by atoms with van der Waals surface area (Å²) in [5, 5.41) is 3.20. The van der Waals surface area contributed by atoms with Crippen LogP contribution in [-0.2, 0) is 9.84 Å². The zero-order valence-electron chi connectivity index (χ0n) is 16.2. The summed E-state index contributed by atoms with van der Waals surface area (Å²) in [6.07, 6.45) is 0. The highest BCUT2D eigenvalue weighted by molar-refractivity contribution is 14.0. The van der Waals surface area contributed by atoms with E-state index in [-0.39, 0.29) is 29.7 Å². The van der Waals surface area contributed by atoms with Gasteiger partial charge in [-0.15, -0.1) is 24.0 Å². The summed E-state index contributed by atoms with van der Waals surface area (Å²) in [4.78, 5) is 9.32. The minimum absolute atomic E-state index is 0. The Morgan fingerprint density at radius 3 is 2.30 bits per heavy atom. The van der Waals surface area contributed by atoms with Gasteiger partial charge < -0.3 is 10.2 Å². The van der Waals surface area contributed by atoms with Crippen LogP contribution in [0.15, 0.2) is 38.6 Å². The van der Waals surface area contributed by atoms with Gasteiger partial charge >= 0.3 is 0 Å². The standard InChI is InChI=1S/C18H29BrN4O2S.HI/c1-15(2)14-22-9-11-23(12-10-22)18(20-3)21-8-13-26(24,25)17-6-4-16(19)5-7-17;/h4-7,15H,8-14H2,1-3H3,(H,20,21);1H. The van der Waals surface area contributed by atoms with Crippen molar-refractivity contribution in [3.8, 4) is 0 Å². The number of hydrogen-bond acceptors (Lipinski definition) is 4. The summed E-state index contributed by atoms with van der Waals surface area (Å²) in [7, 11) is -1.56. The Labute approximate surface area is 188 Å². The second-order valence-electron chi connectivity index (χ2n) is 6.93. The first-order valence-electron chi connectivity index (χ1n) is 8.98. The van der Waals surface area contributed by atoms with Gasteiger partial charge in [0.2, 0.25) is 0 Å². The molecule has 0 amide bonds. The first-order chi connectivity index (χ1) is 12.3. The maximum atomic E-state index is 12.4. The molecule has 154 valence electrons. The molecule has 0 spiro atoms. The quantitative estimate of drug-likeness (QED) is 0.323. The molecule has 1 N–H and O–H groups in total. The van der Waals surface area contributed by atoms with Crippen LogP contribution in [0.4, 0.5) is 0 Å². The molecular formula is C18H30BrIN4O2S. The van der Waals surface area contributed by atoms with Gasteiger partial charge in [-0.05, 0) is 30.2 Å². The second kappa shape index (κ2) is 11.6. The minimum Gasteiger partial charge on any atom is -0.355 e. The number of hydrogen-bond donors (Lipinski definition) is 1. The predicted octanol–water partition coefficient (Wildman–Crippen LogP) is 2.69. The summed E-state index contributed by atoms with van der Waals surface area (Å²) >= 11 is 3.32. The molecule has 1 saturated heterocycles. The van der Waals surface area contributed by atoms with Gasteiger partial charge in [0.15, 0.2) is 15.8 Å². The van der Waals surface area contributed by atoms with E-state index >= 15 is 0 Å². The van der Waals surface area contributed by atoms with Crippen LogP contribution in [0.25, 0.3) is 0 Å². The summed E-state index contributed by atoms with van der Waals surface area (Å²) in [6.45, 7) is 9.77. The average molecular weight is 573 g/mol. The summed E-state index contributed by atoms with van der Waals surface area (Å²) in [5.41, 5.74) is 0. The van der Waals surface area contributed by atoms with E-state index in [9.17, 15) is 8.42 Å². The van der Waals surface area contributed by atoms with E-state index < -0.39 is 9.84 Å². The number of aliphatic imine (C=N–C) groups is 1. The van der Waals surface area contributed by atoms with E-state index in [0.29, 0.717) is 17.4 Å². The number of sulfone groups is 1. The number of halogens is 2. The number of nitrogens with one attached hydrogen (secondary N) is 1. The van der Waals surface area contributed by atoms with Crippen molar-refractivity contribution in [2.24, 2.45) is 10.9 Å². The molecule has 1 aromatic rings. The highest BCUT2D eigenvalue weighted by Gasteiger charge is 2.20. The van der Waals surface area contributed by atoms with Crippen LogP contribution in [0.2, 0.25) is 0 Å². The van der Waals surface area contributed by atoms with Gasteiger partial charge in [-0.2, -0.15) is 0 Å². The molecule has 6 nitrogen and oxygen atoms in total. The maximum absolute atomic E-state index is 12.4. The SMILES string of the molecule is CN=C(NCCS(=O)(=O)c1ccc(Br)cc1)N1CCN(CC(C)C)CC1.I. The molecule has 0 bridgehead atoms. The first kappa shape index (κ1) is 24.6. The van der Waals surface area contributed by atoms with Gasteiger partial charge in [0, 0.05) is 50.8 Å². The molecule has 0 aliphatic carbocycles. The van der Waals surface area contributed by atoms with Crippen molar-refractivity contribution in [1.29, 1.82) is 0 Å². The van der Waals surface area contributed by atoms with Crippen LogP contribution in [0.5, 0.6) is 0 Å². The third-order valence-electron chi connectivity index (χ3n) is 4.33. The van der Waals surface area contributed by atoms with Gasteiger partial charge in [0.05, 0.1) is 10.6 Å². The molecule has 27 heavy (non-hydrogen) atoms. The number of guanidine groups is 1. The zero-order chi connectivity index (χ0) is 19.2. The Kier molecular flexibility index (Phi) is 10.6. The summed E-state index contributed by atoms with van der Waals surface area (Å²) in [6, 6.07) is 6.75. The van der Waals surface area contributed by atoms with E-state index in [2.05, 4.69) is 49.9 Å². The van der Waals surface area contributed by atoms with E-state index in [0.717, 1.165) is 43.2 Å². The lowest BCUT2D eigenvalue weighted by molar-refractivity contribution is 0.164. The smallest absolute Gasteiger partial charge is 0.193 e. The van der Waals surface area contributed by atoms with Crippen LogP contribution in [0.3, 0.4) is 0 Å². The van der Waals surface area contributed by atoms with Gasteiger partial charge in [-0.1, -0.05) is 29.8 Å². The van der Waals surface area contributed by atoms with Gasteiger partial charge in [-0.25, -0.2) is 8.42 Å². The summed E-state index contributed by atoms with van der Waals surface area (Å²) in [5.74, 6) is 1.49. The Bertz CT molecular complexity index is 703. The highest BCUT2D eigenvalue weighted by atomic mass is 127. The van der Waals surface area contributed by atoms with Gasteiger partial charge in [0.1, 0.15) is 0 Å². The molecule has 9 heteroatoms.